The maximum atomic E-state index is 13.3. The molecule has 0 radical (unpaired) electrons. The van der Waals surface area contributed by atoms with Gasteiger partial charge in [-0.05, 0) is 46.4 Å². The Morgan fingerprint density at radius 1 is 1.23 bits per heavy atom. The van der Waals surface area contributed by atoms with Crippen molar-refractivity contribution < 1.29 is 19.4 Å². The number of hydrogen-bond acceptors (Lipinski definition) is 5. The third-order valence-electron chi connectivity index (χ3n) is 6.15. The van der Waals surface area contributed by atoms with Gasteiger partial charge in [0, 0.05) is 31.0 Å². The van der Waals surface area contributed by atoms with Crippen LogP contribution in [0.15, 0.2) is 48.7 Å². The van der Waals surface area contributed by atoms with Crippen LogP contribution in [0.5, 0.6) is 5.88 Å². The fourth-order valence-corrected chi connectivity index (χ4v) is 4.61. The molecule has 1 amide bonds. The van der Waals surface area contributed by atoms with Gasteiger partial charge >= 0.3 is 0 Å². The molecule has 154 valence electrons. The highest BCUT2D eigenvalue weighted by Crippen LogP contribution is 2.36. The number of methoxy groups -OCH3 is 1. The van der Waals surface area contributed by atoms with Gasteiger partial charge in [0.15, 0.2) is 0 Å². The highest BCUT2D eigenvalue weighted by molar-refractivity contribution is 6.05. The average Bonchev–Trinajstić information content (AvgIpc) is 3.11. The number of fused-ring (bicyclic) bond motifs is 3. The first kappa shape index (κ1) is 19.0. The molecule has 3 heterocycles. The minimum atomic E-state index is -0.645. The molecule has 30 heavy (non-hydrogen) atoms. The molecule has 0 aliphatic carbocycles. The van der Waals surface area contributed by atoms with Crippen molar-refractivity contribution in [3.8, 4) is 5.88 Å². The maximum absolute atomic E-state index is 13.3. The summed E-state index contributed by atoms with van der Waals surface area (Å²) in [6, 6.07) is 13.9. The van der Waals surface area contributed by atoms with E-state index in [1.165, 1.54) is 0 Å². The van der Waals surface area contributed by atoms with Crippen molar-refractivity contribution >= 4 is 16.7 Å². The minimum Gasteiger partial charge on any atom is -0.481 e. The van der Waals surface area contributed by atoms with E-state index >= 15 is 0 Å². The Morgan fingerprint density at radius 2 is 2.07 bits per heavy atom. The molecule has 2 atom stereocenters. The summed E-state index contributed by atoms with van der Waals surface area (Å²) in [6.07, 6.45) is 2.50. The van der Waals surface area contributed by atoms with E-state index in [0.717, 1.165) is 33.0 Å². The van der Waals surface area contributed by atoms with E-state index in [1.54, 1.807) is 7.11 Å². The van der Waals surface area contributed by atoms with E-state index in [0.29, 0.717) is 31.9 Å². The molecule has 3 aromatic rings. The number of ether oxygens (including phenoxy) is 2. The summed E-state index contributed by atoms with van der Waals surface area (Å²) in [4.78, 5) is 19.4. The first-order valence-electron chi connectivity index (χ1n) is 10.2. The van der Waals surface area contributed by atoms with Crippen molar-refractivity contribution in [1.29, 1.82) is 0 Å². The molecule has 2 aliphatic rings. The first-order valence-corrected chi connectivity index (χ1v) is 10.2. The number of benzene rings is 2. The van der Waals surface area contributed by atoms with E-state index < -0.39 is 6.10 Å². The van der Waals surface area contributed by atoms with E-state index in [4.69, 9.17) is 9.47 Å². The molecule has 2 aromatic carbocycles. The molecule has 0 spiro atoms. The summed E-state index contributed by atoms with van der Waals surface area (Å²) < 4.78 is 10.5. The summed E-state index contributed by atoms with van der Waals surface area (Å²) in [7, 11) is 1.60. The van der Waals surface area contributed by atoms with Gasteiger partial charge in [0.25, 0.3) is 5.91 Å². The predicted molar refractivity (Wildman–Crippen MR) is 113 cm³/mol. The van der Waals surface area contributed by atoms with E-state index in [1.807, 2.05) is 41.4 Å². The number of carbonyl (C=O) groups is 1. The second-order valence-corrected chi connectivity index (χ2v) is 7.92. The van der Waals surface area contributed by atoms with Gasteiger partial charge in [-0.25, -0.2) is 4.98 Å². The monoisotopic (exact) mass is 404 g/mol. The van der Waals surface area contributed by atoms with Gasteiger partial charge in [-0.2, -0.15) is 0 Å². The lowest BCUT2D eigenvalue weighted by molar-refractivity contribution is -0.0571. The van der Waals surface area contributed by atoms with Crippen LogP contribution in [0, 0.1) is 0 Å². The van der Waals surface area contributed by atoms with Crippen molar-refractivity contribution in [3.63, 3.8) is 0 Å². The normalized spacial score (nSPS) is 21.1. The highest BCUT2D eigenvalue weighted by atomic mass is 16.5. The predicted octanol–water partition coefficient (Wildman–Crippen LogP) is 2.94. The summed E-state index contributed by atoms with van der Waals surface area (Å²) in [5.74, 6) is 0.578. The van der Waals surface area contributed by atoms with Crippen molar-refractivity contribution in [1.82, 2.24) is 9.88 Å². The molecular formula is C24H24N2O4. The molecule has 0 saturated carbocycles. The largest absolute Gasteiger partial charge is 0.481 e. The summed E-state index contributed by atoms with van der Waals surface area (Å²) >= 11 is 0. The van der Waals surface area contributed by atoms with Crippen molar-refractivity contribution in [2.45, 2.75) is 31.5 Å². The van der Waals surface area contributed by atoms with Gasteiger partial charge in [0.1, 0.15) is 0 Å². The van der Waals surface area contributed by atoms with E-state index in [-0.39, 0.29) is 18.6 Å². The Hall–Kier alpha value is -2.96. The number of carbonyl (C=O) groups excluding carboxylic acids is 1. The average molecular weight is 404 g/mol. The number of aliphatic hydroxyl groups excluding tert-OH is 1. The topological polar surface area (TPSA) is 71.9 Å². The van der Waals surface area contributed by atoms with Gasteiger partial charge in [-0.1, -0.05) is 30.3 Å². The Balaban J connectivity index is 1.54. The van der Waals surface area contributed by atoms with Crippen LogP contribution in [0.2, 0.25) is 0 Å². The lowest BCUT2D eigenvalue weighted by atomic mass is 9.93. The molecule has 2 aliphatic heterocycles. The standard InChI is InChI=1S/C24H24N2O4/c1-29-23-7-6-15(12-25-23)10-16-11-19-20(18-5-3-2-4-17(16)18)13-26(24(19)28)21-8-9-30-14-22(21)27/h2-7,11-12,21-22,27H,8-10,13-14H2,1H3/t21-,22-/m0/s1. The van der Waals surface area contributed by atoms with Crippen LogP contribution in [0.4, 0.5) is 0 Å². The zero-order chi connectivity index (χ0) is 20.7. The van der Waals surface area contributed by atoms with E-state index in [2.05, 4.69) is 17.1 Å². The fraction of sp³-hybridized carbons (Fsp3) is 0.333. The number of nitrogens with zero attached hydrogens (tertiary/aromatic N) is 2. The lowest BCUT2D eigenvalue weighted by Gasteiger charge is -2.34. The molecule has 1 saturated heterocycles. The van der Waals surface area contributed by atoms with Crippen molar-refractivity contribution in [3.05, 3.63) is 70.9 Å². The first-order chi connectivity index (χ1) is 14.7. The number of aromatic nitrogens is 1. The molecule has 5 rings (SSSR count). The third-order valence-corrected chi connectivity index (χ3v) is 6.15. The van der Waals surface area contributed by atoms with Crippen LogP contribution in [0.25, 0.3) is 10.8 Å². The molecule has 1 fully saturated rings. The zero-order valence-corrected chi connectivity index (χ0v) is 16.9. The molecule has 1 N–H and O–H groups in total. The van der Waals surface area contributed by atoms with Crippen LogP contribution in [-0.4, -0.2) is 53.4 Å². The SMILES string of the molecule is COc1ccc(Cc2cc3c(c4ccccc24)CN([C@H]2CCOC[C@@H]2O)C3=O)cn1. The van der Waals surface area contributed by atoms with Crippen molar-refractivity contribution in [2.24, 2.45) is 0 Å². The molecule has 0 unspecified atom stereocenters. The second-order valence-electron chi connectivity index (χ2n) is 7.92. The molecular weight excluding hydrogens is 380 g/mol. The van der Waals surface area contributed by atoms with Crippen LogP contribution in [0.1, 0.15) is 33.5 Å². The number of amides is 1. The van der Waals surface area contributed by atoms with Gasteiger partial charge in [0.2, 0.25) is 5.88 Å². The summed E-state index contributed by atoms with van der Waals surface area (Å²) in [5, 5.41) is 12.6. The Labute approximate surface area is 175 Å². The van der Waals surface area contributed by atoms with Gasteiger partial charge in [-0.15, -0.1) is 0 Å². The summed E-state index contributed by atoms with van der Waals surface area (Å²) in [6.45, 7) is 1.38. The molecule has 6 heteroatoms. The quantitative estimate of drug-likeness (QED) is 0.724. The van der Waals surface area contributed by atoms with E-state index in [9.17, 15) is 9.90 Å². The van der Waals surface area contributed by atoms with Gasteiger partial charge in [0.05, 0.1) is 25.9 Å². The Kier molecular flexibility index (Phi) is 4.89. The Morgan fingerprint density at radius 3 is 2.80 bits per heavy atom. The Bertz CT molecular complexity index is 1100. The zero-order valence-electron chi connectivity index (χ0n) is 16.9. The van der Waals surface area contributed by atoms with Crippen LogP contribution >= 0.6 is 0 Å². The number of aliphatic hydroxyl groups is 1. The van der Waals surface area contributed by atoms with Crippen LogP contribution in [0.3, 0.4) is 0 Å². The van der Waals surface area contributed by atoms with Gasteiger partial charge in [-0.3, -0.25) is 4.79 Å². The molecule has 6 nitrogen and oxygen atoms in total. The number of pyridine rings is 1. The lowest BCUT2D eigenvalue weighted by Crippen LogP contribution is -2.49. The number of hydrogen-bond donors (Lipinski definition) is 1. The maximum Gasteiger partial charge on any atom is 0.254 e. The minimum absolute atomic E-state index is 0.00388. The van der Waals surface area contributed by atoms with Gasteiger partial charge < -0.3 is 19.5 Å². The molecule has 0 bridgehead atoms. The van der Waals surface area contributed by atoms with Crippen LogP contribution < -0.4 is 4.74 Å². The highest BCUT2D eigenvalue weighted by Gasteiger charge is 2.38. The fourth-order valence-electron chi connectivity index (χ4n) is 4.61. The third kappa shape index (κ3) is 3.22. The van der Waals surface area contributed by atoms with Crippen LogP contribution in [-0.2, 0) is 17.7 Å². The molecule has 1 aromatic heterocycles. The second kappa shape index (κ2) is 7.70. The smallest absolute Gasteiger partial charge is 0.254 e. The number of rotatable bonds is 4. The summed E-state index contributed by atoms with van der Waals surface area (Å²) in [5.41, 5.74) is 3.94. The van der Waals surface area contributed by atoms with Crippen molar-refractivity contribution in [2.75, 3.05) is 20.3 Å².